The zero-order valence-corrected chi connectivity index (χ0v) is 13.7. The lowest BCUT2D eigenvalue weighted by atomic mass is 10.1. The molecule has 0 fully saturated rings. The van der Waals surface area contributed by atoms with Gasteiger partial charge in [-0.15, -0.1) is 0 Å². The molecule has 0 unspecified atom stereocenters. The second-order valence-corrected chi connectivity index (χ2v) is 5.29. The van der Waals surface area contributed by atoms with Crippen LogP contribution in [0.5, 0.6) is 5.75 Å². The van der Waals surface area contributed by atoms with Crippen molar-refractivity contribution in [2.45, 2.75) is 6.42 Å². The Bertz CT molecular complexity index is 893. The lowest BCUT2D eigenvalue weighted by Gasteiger charge is -2.04. The Hall–Kier alpha value is -3.67. The molecule has 0 saturated heterocycles. The molecule has 6 heteroatoms. The van der Waals surface area contributed by atoms with Crippen LogP contribution in [-0.2, 0) is 6.42 Å². The van der Waals surface area contributed by atoms with Gasteiger partial charge in [-0.2, -0.15) is 0 Å². The molecule has 3 aromatic rings. The van der Waals surface area contributed by atoms with E-state index in [4.69, 9.17) is 15.3 Å². The van der Waals surface area contributed by atoms with E-state index in [9.17, 15) is 9.59 Å². The first-order chi connectivity index (χ1) is 12.5. The Morgan fingerprint density at radius 1 is 0.769 bits per heavy atom. The SMILES string of the molecule is O=C(O)c1ccccc1O.O=C(O)c1cccnc1Cc1ccccc1. The van der Waals surface area contributed by atoms with Gasteiger partial charge in [-0.1, -0.05) is 42.5 Å². The number of benzene rings is 2. The van der Waals surface area contributed by atoms with Crippen molar-refractivity contribution in [2.75, 3.05) is 0 Å². The molecule has 3 rings (SSSR count). The van der Waals surface area contributed by atoms with Crippen molar-refractivity contribution in [1.82, 2.24) is 4.98 Å². The Labute approximate surface area is 150 Å². The average Bonchev–Trinajstić information content (AvgIpc) is 2.63. The number of aromatic carboxylic acids is 2. The summed E-state index contributed by atoms with van der Waals surface area (Å²) in [5, 5.41) is 26.3. The molecular weight excluding hydrogens is 334 g/mol. The van der Waals surface area contributed by atoms with Crippen LogP contribution < -0.4 is 0 Å². The number of rotatable bonds is 4. The zero-order chi connectivity index (χ0) is 18.9. The molecule has 0 aliphatic rings. The molecule has 0 atom stereocenters. The van der Waals surface area contributed by atoms with Gasteiger partial charge in [0, 0.05) is 12.6 Å². The largest absolute Gasteiger partial charge is 0.507 e. The van der Waals surface area contributed by atoms with Crippen molar-refractivity contribution < 1.29 is 24.9 Å². The quantitative estimate of drug-likeness (QED) is 0.664. The van der Waals surface area contributed by atoms with E-state index in [1.165, 1.54) is 12.1 Å². The summed E-state index contributed by atoms with van der Waals surface area (Å²) in [6, 6.07) is 18.7. The van der Waals surface area contributed by atoms with E-state index in [1.54, 1.807) is 30.5 Å². The number of aromatic nitrogens is 1. The average molecular weight is 351 g/mol. The number of phenols is 1. The fourth-order valence-electron chi connectivity index (χ4n) is 2.22. The second-order valence-electron chi connectivity index (χ2n) is 5.29. The van der Waals surface area contributed by atoms with Gasteiger partial charge in [0.15, 0.2) is 0 Å². The van der Waals surface area contributed by atoms with E-state index in [2.05, 4.69) is 4.98 Å². The Morgan fingerprint density at radius 2 is 1.35 bits per heavy atom. The number of carbonyl (C=O) groups is 2. The summed E-state index contributed by atoms with van der Waals surface area (Å²) in [6.45, 7) is 0. The monoisotopic (exact) mass is 351 g/mol. The van der Waals surface area contributed by atoms with Gasteiger partial charge in [-0.3, -0.25) is 4.98 Å². The molecule has 2 aromatic carbocycles. The Balaban J connectivity index is 0.000000209. The van der Waals surface area contributed by atoms with Crippen LogP contribution in [0.1, 0.15) is 32.0 Å². The van der Waals surface area contributed by atoms with Crippen LogP contribution in [0.15, 0.2) is 72.9 Å². The molecule has 1 heterocycles. The highest BCUT2D eigenvalue weighted by Gasteiger charge is 2.10. The molecule has 3 N–H and O–H groups in total. The number of nitrogens with zero attached hydrogens (tertiary/aromatic N) is 1. The minimum Gasteiger partial charge on any atom is -0.507 e. The highest BCUT2D eigenvalue weighted by molar-refractivity contribution is 5.90. The number of hydrogen-bond donors (Lipinski definition) is 3. The first kappa shape index (κ1) is 18.7. The number of para-hydroxylation sites is 1. The van der Waals surface area contributed by atoms with E-state index in [0.29, 0.717) is 12.1 Å². The molecule has 6 nitrogen and oxygen atoms in total. The summed E-state index contributed by atoms with van der Waals surface area (Å²) in [5.74, 6) is -2.24. The highest BCUT2D eigenvalue weighted by Crippen LogP contribution is 2.14. The van der Waals surface area contributed by atoms with Gasteiger partial charge in [0.2, 0.25) is 0 Å². The first-order valence-corrected chi connectivity index (χ1v) is 7.71. The molecule has 0 aliphatic carbocycles. The zero-order valence-electron chi connectivity index (χ0n) is 13.7. The van der Waals surface area contributed by atoms with Crippen LogP contribution in [-0.4, -0.2) is 32.2 Å². The number of aromatic hydroxyl groups is 1. The lowest BCUT2D eigenvalue weighted by Crippen LogP contribution is -2.04. The van der Waals surface area contributed by atoms with Crippen LogP contribution in [0.25, 0.3) is 0 Å². The van der Waals surface area contributed by atoms with Crippen LogP contribution in [0.2, 0.25) is 0 Å². The molecule has 0 aliphatic heterocycles. The molecular formula is C20H17NO5. The molecule has 0 bridgehead atoms. The van der Waals surface area contributed by atoms with Gasteiger partial charge >= 0.3 is 11.9 Å². The van der Waals surface area contributed by atoms with E-state index < -0.39 is 11.9 Å². The van der Waals surface area contributed by atoms with Gasteiger partial charge in [-0.05, 0) is 29.8 Å². The van der Waals surface area contributed by atoms with Crippen molar-refractivity contribution in [3.05, 3.63) is 95.3 Å². The van der Waals surface area contributed by atoms with E-state index in [0.717, 1.165) is 5.56 Å². The third-order valence-corrected chi connectivity index (χ3v) is 3.47. The first-order valence-electron chi connectivity index (χ1n) is 7.71. The lowest BCUT2D eigenvalue weighted by molar-refractivity contribution is 0.0683. The minimum atomic E-state index is -1.11. The van der Waals surface area contributed by atoms with Gasteiger partial charge in [0.05, 0.1) is 11.3 Å². The van der Waals surface area contributed by atoms with E-state index >= 15 is 0 Å². The van der Waals surface area contributed by atoms with Gasteiger partial charge in [0.1, 0.15) is 11.3 Å². The van der Waals surface area contributed by atoms with Crippen molar-refractivity contribution in [3.8, 4) is 5.75 Å². The number of carboxylic acids is 2. The standard InChI is InChI=1S/C13H11NO2.C7H6O3/c15-13(16)11-7-4-8-14-12(11)9-10-5-2-1-3-6-10;8-6-4-2-1-3-5(6)7(9)10/h1-8H,9H2,(H,15,16);1-4,8H,(H,9,10). The van der Waals surface area contributed by atoms with Gasteiger partial charge < -0.3 is 15.3 Å². The Kier molecular flexibility index (Phi) is 6.45. The highest BCUT2D eigenvalue weighted by atomic mass is 16.4. The normalized spacial score (nSPS) is 9.69. The minimum absolute atomic E-state index is 0.0671. The maximum atomic E-state index is 11.0. The summed E-state index contributed by atoms with van der Waals surface area (Å²) in [5.41, 5.74) is 1.86. The third-order valence-electron chi connectivity index (χ3n) is 3.47. The summed E-state index contributed by atoms with van der Waals surface area (Å²) in [7, 11) is 0. The fourth-order valence-corrected chi connectivity index (χ4v) is 2.22. The predicted molar refractivity (Wildman–Crippen MR) is 95.5 cm³/mol. The van der Waals surface area contributed by atoms with Gasteiger partial charge in [0.25, 0.3) is 0 Å². The van der Waals surface area contributed by atoms with Crippen LogP contribution in [0, 0.1) is 0 Å². The van der Waals surface area contributed by atoms with Gasteiger partial charge in [-0.25, -0.2) is 9.59 Å². The van der Waals surface area contributed by atoms with E-state index in [-0.39, 0.29) is 16.9 Å². The molecule has 0 amide bonds. The van der Waals surface area contributed by atoms with Crippen LogP contribution in [0.4, 0.5) is 0 Å². The second kappa shape index (κ2) is 8.98. The van der Waals surface area contributed by atoms with Crippen LogP contribution >= 0.6 is 0 Å². The molecule has 132 valence electrons. The van der Waals surface area contributed by atoms with Crippen molar-refractivity contribution in [1.29, 1.82) is 0 Å². The Morgan fingerprint density at radius 3 is 1.92 bits per heavy atom. The number of hydrogen-bond acceptors (Lipinski definition) is 4. The maximum Gasteiger partial charge on any atom is 0.339 e. The fraction of sp³-hybridized carbons (Fsp3) is 0.0500. The molecule has 1 aromatic heterocycles. The summed E-state index contributed by atoms with van der Waals surface area (Å²) >= 11 is 0. The molecule has 0 spiro atoms. The third kappa shape index (κ3) is 5.17. The molecule has 26 heavy (non-hydrogen) atoms. The molecule has 0 radical (unpaired) electrons. The van der Waals surface area contributed by atoms with E-state index in [1.807, 2.05) is 30.3 Å². The molecule has 0 saturated carbocycles. The summed E-state index contributed by atoms with van der Waals surface area (Å²) in [6.07, 6.45) is 2.16. The number of pyridine rings is 1. The maximum absolute atomic E-state index is 11.0. The predicted octanol–water partition coefficient (Wildman–Crippen LogP) is 3.46. The van der Waals surface area contributed by atoms with Crippen molar-refractivity contribution >= 4 is 11.9 Å². The summed E-state index contributed by atoms with van der Waals surface area (Å²) in [4.78, 5) is 25.3. The summed E-state index contributed by atoms with van der Waals surface area (Å²) < 4.78 is 0. The smallest absolute Gasteiger partial charge is 0.339 e. The van der Waals surface area contributed by atoms with Crippen molar-refractivity contribution in [3.63, 3.8) is 0 Å². The number of carboxylic acid groups (broad SMARTS) is 2. The van der Waals surface area contributed by atoms with Crippen molar-refractivity contribution in [2.24, 2.45) is 0 Å². The van der Waals surface area contributed by atoms with Crippen LogP contribution in [0.3, 0.4) is 0 Å². The topological polar surface area (TPSA) is 108 Å².